The summed E-state index contributed by atoms with van der Waals surface area (Å²) in [5.74, 6) is 0.931. The zero-order valence-corrected chi connectivity index (χ0v) is 38.6. The second-order valence-electron chi connectivity index (χ2n) is 20.7. The van der Waals surface area contributed by atoms with Crippen LogP contribution in [0.4, 0.5) is 9.59 Å². The maximum absolute atomic E-state index is 14.3. The highest BCUT2D eigenvalue weighted by Gasteiger charge is 2.59. The molecule has 2 unspecified atom stereocenters. The minimum absolute atomic E-state index is 0.0311. The van der Waals surface area contributed by atoms with Crippen LogP contribution in [-0.2, 0) is 30.5 Å². The Kier molecular flexibility index (Phi) is 13.5. The van der Waals surface area contributed by atoms with E-state index in [4.69, 9.17) is 19.2 Å². The van der Waals surface area contributed by atoms with Crippen LogP contribution in [0.15, 0.2) is 24.4 Å². The van der Waals surface area contributed by atoms with Gasteiger partial charge in [0.05, 0.1) is 30.0 Å². The van der Waals surface area contributed by atoms with Crippen molar-refractivity contribution in [1.82, 2.24) is 24.7 Å². The number of unbranched alkanes of at least 4 members (excludes halogenated alkanes) is 2. The van der Waals surface area contributed by atoms with Gasteiger partial charge in [-0.05, 0) is 109 Å². The van der Waals surface area contributed by atoms with Gasteiger partial charge in [0.15, 0.2) is 0 Å². The van der Waals surface area contributed by atoms with Gasteiger partial charge in [-0.1, -0.05) is 57.6 Å². The van der Waals surface area contributed by atoms with Crippen LogP contribution in [0.5, 0.6) is 0 Å². The Bertz CT molecular complexity index is 1850. The third-order valence-electron chi connectivity index (χ3n) is 12.6. The van der Waals surface area contributed by atoms with E-state index in [0.29, 0.717) is 39.0 Å². The van der Waals surface area contributed by atoms with Crippen LogP contribution in [0.3, 0.4) is 0 Å². The van der Waals surface area contributed by atoms with E-state index >= 15 is 0 Å². The summed E-state index contributed by atoms with van der Waals surface area (Å²) < 4.78 is 20.2. The summed E-state index contributed by atoms with van der Waals surface area (Å²) in [7, 11) is -1.37. The number of hydrogen-bond donors (Lipinski definition) is 1. The highest BCUT2D eigenvalue weighted by Crippen LogP contribution is 2.60. The van der Waals surface area contributed by atoms with E-state index in [2.05, 4.69) is 47.7 Å². The van der Waals surface area contributed by atoms with E-state index < -0.39 is 19.3 Å². The number of amides is 3. The fraction of sp³-hybridized carbons (Fsp3) is 0.717. The Labute approximate surface area is 353 Å². The first-order chi connectivity index (χ1) is 27.7. The first kappa shape index (κ1) is 44.8. The molecule has 1 aromatic heterocycles. The lowest BCUT2D eigenvalue weighted by atomic mass is 9.87. The number of carbonyl (C=O) groups is 4. The summed E-state index contributed by atoms with van der Waals surface area (Å²) in [6.07, 6.45) is 9.76. The highest BCUT2D eigenvalue weighted by molar-refractivity contribution is 6.76. The number of carbonyl (C=O) groups excluding carboxylic acids is 4. The van der Waals surface area contributed by atoms with Gasteiger partial charge in [-0.25, -0.2) is 14.6 Å². The van der Waals surface area contributed by atoms with Crippen LogP contribution < -0.4 is 5.32 Å². The monoisotopic (exact) mass is 834 g/mol. The average molecular weight is 834 g/mol. The first-order valence-electron chi connectivity index (χ1n) is 22.3. The number of ketones is 1. The van der Waals surface area contributed by atoms with Crippen molar-refractivity contribution in [2.75, 3.05) is 19.7 Å². The van der Waals surface area contributed by atoms with E-state index in [0.717, 1.165) is 85.6 Å². The molecule has 12 nitrogen and oxygen atoms in total. The lowest BCUT2D eigenvalue weighted by Crippen LogP contribution is -2.43. The number of imidazole rings is 1. The summed E-state index contributed by atoms with van der Waals surface area (Å²) in [5.41, 5.74) is 2.96. The summed E-state index contributed by atoms with van der Waals surface area (Å²) in [6.45, 7) is 22.4. The lowest BCUT2D eigenvalue weighted by molar-refractivity contribution is -0.124. The van der Waals surface area contributed by atoms with E-state index in [9.17, 15) is 19.2 Å². The molecule has 4 heterocycles. The Morgan fingerprint density at radius 3 is 2.27 bits per heavy atom. The maximum Gasteiger partial charge on any atom is 0.411 e. The number of ether oxygens (including phenoxy) is 3. The van der Waals surface area contributed by atoms with Crippen molar-refractivity contribution in [3.05, 3.63) is 41.3 Å². The van der Waals surface area contributed by atoms with E-state index in [-0.39, 0.29) is 60.1 Å². The average Bonchev–Trinajstić information content (AvgIpc) is 3.43. The molecule has 326 valence electrons. The Morgan fingerprint density at radius 2 is 1.61 bits per heavy atom. The molecule has 4 aliphatic rings. The van der Waals surface area contributed by atoms with E-state index in [1.54, 1.807) is 4.90 Å². The fourth-order valence-corrected chi connectivity index (χ4v) is 10.0. The topological polar surface area (TPSA) is 132 Å². The maximum atomic E-state index is 14.3. The van der Waals surface area contributed by atoms with Crippen molar-refractivity contribution in [2.45, 2.75) is 181 Å². The van der Waals surface area contributed by atoms with Gasteiger partial charge in [0.25, 0.3) is 0 Å². The number of piperidine rings is 1. The summed E-state index contributed by atoms with van der Waals surface area (Å²) in [4.78, 5) is 61.6. The molecule has 2 saturated heterocycles. The van der Waals surface area contributed by atoms with Crippen LogP contribution >= 0.6 is 0 Å². The van der Waals surface area contributed by atoms with Crippen molar-refractivity contribution in [2.24, 2.45) is 11.3 Å². The quantitative estimate of drug-likeness (QED) is 0.131. The van der Waals surface area contributed by atoms with E-state index in [1.165, 1.54) is 0 Å². The van der Waals surface area contributed by atoms with Crippen molar-refractivity contribution in [1.29, 1.82) is 0 Å². The molecule has 1 N–H and O–H groups in total. The molecule has 3 amide bonds. The number of benzene rings is 1. The largest absolute Gasteiger partial charge is 0.444 e. The Morgan fingerprint density at radius 1 is 0.932 bits per heavy atom. The molecule has 3 aliphatic heterocycles. The number of aromatic nitrogens is 2. The Hall–Kier alpha value is -3.71. The molecule has 4 atom stereocenters. The molecule has 2 bridgehead atoms. The number of rotatable bonds is 16. The molecule has 1 spiro atoms. The van der Waals surface area contributed by atoms with Gasteiger partial charge < -0.3 is 29.0 Å². The minimum Gasteiger partial charge on any atom is -0.444 e. The predicted octanol–water partition coefficient (Wildman–Crippen LogP) is 10.1. The highest BCUT2D eigenvalue weighted by atomic mass is 28.3. The van der Waals surface area contributed by atoms with Crippen molar-refractivity contribution in [3.8, 4) is 11.3 Å². The van der Waals surface area contributed by atoms with Crippen LogP contribution in [0, 0.1) is 11.3 Å². The number of hydrogen-bond acceptors (Lipinski definition) is 8. The summed E-state index contributed by atoms with van der Waals surface area (Å²) in [5, 5.41) is 3.47. The molecule has 3 fully saturated rings. The van der Waals surface area contributed by atoms with E-state index in [1.807, 2.05) is 59.6 Å². The molecular weight excluding hydrogens is 763 g/mol. The molecule has 2 aromatic rings. The number of nitrogens with zero attached hydrogens (tertiary/aromatic N) is 4. The zero-order valence-electron chi connectivity index (χ0n) is 37.6. The minimum atomic E-state index is -1.37. The summed E-state index contributed by atoms with van der Waals surface area (Å²) in [6, 6.07) is 6.85. The SMILES string of the molecule is CCC(=O)CCCCC[C@H](NC(=O)[C@H]1CC12CCN(C(=O)OC(C)(C)C)CC2)c1ncc(-c2cccc3c2C2CCC3N2C(=O)OC(C)(C)C)n1COCC[Si](C)(C)C. The van der Waals surface area contributed by atoms with Gasteiger partial charge in [0, 0.05) is 52.1 Å². The van der Waals surface area contributed by atoms with Gasteiger partial charge in [-0.3, -0.25) is 14.5 Å². The predicted molar refractivity (Wildman–Crippen MR) is 231 cm³/mol. The van der Waals surface area contributed by atoms with Gasteiger partial charge >= 0.3 is 12.2 Å². The molecule has 1 aliphatic carbocycles. The van der Waals surface area contributed by atoms with Gasteiger partial charge in [-0.2, -0.15) is 0 Å². The normalized spacial score (nSPS) is 21.4. The fourth-order valence-electron chi connectivity index (χ4n) is 9.29. The zero-order chi connectivity index (χ0) is 42.9. The molecule has 1 saturated carbocycles. The van der Waals surface area contributed by atoms with Crippen LogP contribution in [0.1, 0.15) is 154 Å². The number of fused-ring (bicyclic) bond motifs is 5. The third-order valence-corrected chi connectivity index (χ3v) is 14.3. The number of likely N-dealkylation sites (tertiary alicyclic amines) is 1. The molecule has 59 heavy (non-hydrogen) atoms. The first-order valence-corrected chi connectivity index (χ1v) is 26.0. The van der Waals surface area contributed by atoms with Crippen molar-refractivity contribution >= 4 is 32.0 Å². The Balaban J connectivity index is 1.27. The van der Waals surface area contributed by atoms with Crippen molar-refractivity contribution < 1.29 is 33.4 Å². The molecule has 13 heteroatoms. The van der Waals surface area contributed by atoms with Crippen LogP contribution in [0.2, 0.25) is 25.7 Å². The molecular formula is C46H71N5O7Si. The number of nitrogens with one attached hydrogen (secondary N) is 1. The summed E-state index contributed by atoms with van der Waals surface area (Å²) >= 11 is 0. The van der Waals surface area contributed by atoms with Crippen LogP contribution in [0.25, 0.3) is 11.3 Å². The standard InChI is InChI=1S/C46H71N5O7Si/c1-11-31(52)16-13-12-14-19-35(48-41(53)34-28-46(34)22-24-49(25-23-46)42(54)57-44(2,3)4)40-47-29-38(50(40)30-56-26-27-59(8,9)10)33-18-15-17-32-36-20-21-37(39(32)33)51(36)43(55)58-45(5,6)7/h15,17-18,29,34-37H,11-14,16,19-28,30H2,1-10H3,(H,48,53)/t34-,35+,36?,37?/m1/s1. The molecule has 6 rings (SSSR count). The second kappa shape index (κ2) is 17.7. The van der Waals surface area contributed by atoms with Gasteiger partial charge in [0.2, 0.25) is 5.91 Å². The second-order valence-corrected chi connectivity index (χ2v) is 26.3. The van der Waals surface area contributed by atoms with Crippen molar-refractivity contribution in [3.63, 3.8) is 0 Å². The molecule has 0 radical (unpaired) electrons. The van der Waals surface area contributed by atoms with Gasteiger partial charge in [-0.15, -0.1) is 0 Å². The lowest BCUT2D eigenvalue weighted by Gasteiger charge is -2.34. The van der Waals surface area contributed by atoms with Crippen LogP contribution in [-0.4, -0.2) is 82.2 Å². The smallest absolute Gasteiger partial charge is 0.411 e. The molecule has 1 aromatic carbocycles. The third kappa shape index (κ3) is 10.8. The van der Waals surface area contributed by atoms with Gasteiger partial charge in [0.1, 0.15) is 29.5 Å². The number of Topliss-reactive ketones (excluding diaryl/α,β-unsaturated/α-hetero) is 1.